The van der Waals surface area contributed by atoms with Crippen LogP contribution < -0.4 is 10.1 Å². The molecule has 1 N–H and O–H groups in total. The summed E-state index contributed by atoms with van der Waals surface area (Å²) >= 11 is 0. The molecule has 0 atom stereocenters. The first-order chi connectivity index (χ1) is 8.75. The fourth-order valence-electron chi connectivity index (χ4n) is 1.47. The third-order valence-electron chi connectivity index (χ3n) is 2.39. The summed E-state index contributed by atoms with van der Waals surface area (Å²) in [5.74, 6) is -1.60. The third kappa shape index (κ3) is 5.27. The molecule has 0 saturated carbocycles. The number of benzene rings is 1. The van der Waals surface area contributed by atoms with Crippen molar-refractivity contribution >= 4 is 0 Å². The molecule has 0 saturated heterocycles. The number of rotatable bonds is 8. The van der Waals surface area contributed by atoms with Gasteiger partial charge >= 0.3 is 0 Å². The minimum Gasteiger partial charge on any atom is -0.488 e. The molecule has 2 nitrogen and oxygen atoms in total. The Labute approximate surface area is 107 Å². The van der Waals surface area contributed by atoms with Gasteiger partial charge in [0.1, 0.15) is 0 Å². The van der Waals surface area contributed by atoms with E-state index in [2.05, 4.69) is 11.4 Å². The highest BCUT2D eigenvalue weighted by molar-refractivity contribution is 5.25. The average molecular weight is 255 g/mol. The van der Waals surface area contributed by atoms with Crippen molar-refractivity contribution in [2.45, 2.75) is 19.8 Å². The molecule has 0 aromatic heterocycles. The van der Waals surface area contributed by atoms with E-state index in [0.29, 0.717) is 13.0 Å². The van der Waals surface area contributed by atoms with E-state index in [0.717, 1.165) is 19.5 Å². The number of allylic oxidation sites excluding steroid dienone is 1. The van der Waals surface area contributed by atoms with E-state index in [-0.39, 0.29) is 5.75 Å². The van der Waals surface area contributed by atoms with Crippen LogP contribution >= 0.6 is 0 Å². The average Bonchev–Trinajstić information content (AvgIpc) is 2.35. The summed E-state index contributed by atoms with van der Waals surface area (Å²) in [5.41, 5.74) is 0. The molecular formula is C14H19F2NO. The summed E-state index contributed by atoms with van der Waals surface area (Å²) in [6.45, 7) is 3.96. The highest BCUT2D eigenvalue weighted by atomic mass is 19.1. The Bertz CT molecular complexity index is 360. The maximum atomic E-state index is 13.2. The smallest absolute Gasteiger partial charge is 0.190 e. The van der Waals surface area contributed by atoms with Crippen LogP contribution in [0, 0.1) is 11.6 Å². The molecule has 0 aliphatic rings. The number of para-hydroxylation sites is 1. The van der Waals surface area contributed by atoms with Crippen LogP contribution in [-0.2, 0) is 0 Å². The van der Waals surface area contributed by atoms with Gasteiger partial charge in [-0.1, -0.05) is 18.2 Å². The number of hydrogen-bond donors (Lipinski definition) is 1. The second-order valence-electron chi connectivity index (χ2n) is 3.86. The lowest BCUT2D eigenvalue weighted by Gasteiger charge is -2.08. The lowest BCUT2D eigenvalue weighted by atomic mass is 10.3. The summed E-state index contributed by atoms with van der Waals surface area (Å²) in [6.07, 6.45) is 5.78. The van der Waals surface area contributed by atoms with Gasteiger partial charge in [0.15, 0.2) is 17.4 Å². The lowest BCUT2D eigenvalue weighted by molar-refractivity contribution is 0.278. The van der Waals surface area contributed by atoms with Crippen molar-refractivity contribution < 1.29 is 13.5 Å². The van der Waals surface area contributed by atoms with Gasteiger partial charge in [-0.25, -0.2) is 8.78 Å². The molecule has 0 spiro atoms. The van der Waals surface area contributed by atoms with Crippen LogP contribution in [0.25, 0.3) is 0 Å². The molecule has 0 unspecified atom stereocenters. The van der Waals surface area contributed by atoms with Crippen LogP contribution in [0.5, 0.6) is 5.75 Å². The topological polar surface area (TPSA) is 21.3 Å². The van der Waals surface area contributed by atoms with Gasteiger partial charge in [0.25, 0.3) is 0 Å². The SMILES string of the molecule is C/C=C\CCNCCCOc1c(F)cccc1F. The van der Waals surface area contributed by atoms with Crippen molar-refractivity contribution in [1.29, 1.82) is 0 Å². The molecule has 0 aliphatic heterocycles. The van der Waals surface area contributed by atoms with Crippen molar-refractivity contribution in [2.75, 3.05) is 19.7 Å². The maximum Gasteiger partial charge on any atom is 0.190 e. The molecule has 1 rings (SSSR count). The predicted molar refractivity (Wildman–Crippen MR) is 68.8 cm³/mol. The van der Waals surface area contributed by atoms with Crippen LogP contribution in [-0.4, -0.2) is 19.7 Å². The van der Waals surface area contributed by atoms with Gasteiger partial charge in [-0.3, -0.25) is 0 Å². The first-order valence-corrected chi connectivity index (χ1v) is 6.14. The van der Waals surface area contributed by atoms with Crippen molar-refractivity contribution in [3.05, 3.63) is 42.0 Å². The van der Waals surface area contributed by atoms with Gasteiger partial charge in [0.2, 0.25) is 0 Å². The first kappa shape index (κ1) is 14.6. The van der Waals surface area contributed by atoms with E-state index < -0.39 is 11.6 Å². The van der Waals surface area contributed by atoms with Crippen molar-refractivity contribution in [3.63, 3.8) is 0 Å². The van der Waals surface area contributed by atoms with Gasteiger partial charge in [-0.15, -0.1) is 0 Å². The molecule has 100 valence electrons. The van der Waals surface area contributed by atoms with Crippen LogP contribution in [0.1, 0.15) is 19.8 Å². The largest absolute Gasteiger partial charge is 0.488 e. The minimum atomic E-state index is -0.656. The Morgan fingerprint density at radius 3 is 2.61 bits per heavy atom. The van der Waals surface area contributed by atoms with E-state index >= 15 is 0 Å². The fraction of sp³-hybridized carbons (Fsp3) is 0.429. The first-order valence-electron chi connectivity index (χ1n) is 6.14. The zero-order valence-corrected chi connectivity index (χ0v) is 10.6. The minimum absolute atomic E-state index is 0.286. The molecule has 1 aromatic rings. The van der Waals surface area contributed by atoms with E-state index in [1.54, 1.807) is 0 Å². The molecule has 0 fully saturated rings. The van der Waals surface area contributed by atoms with Crippen molar-refractivity contribution in [3.8, 4) is 5.75 Å². The standard InChI is InChI=1S/C14H19F2NO/c1-2-3-4-9-17-10-6-11-18-14-12(15)7-5-8-13(14)16/h2-3,5,7-8,17H,4,6,9-11H2,1H3/b3-2-. The quantitative estimate of drug-likeness (QED) is 0.568. The molecule has 18 heavy (non-hydrogen) atoms. The third-order valence-corrected chi connectivity index (χ3v) is 2.39. The van der Waals surface area contributed by atoms with Gasteiger partial charge in [0, 0.05) is 0 Å². The predicted octanol–water partition coefficient (Wildman–Crippen LogP) is 3.29. The lowest BCUT2D eigenvalue weighted by Crippen LogP contribution is -2.18. The number of ether oxygens (including phenoxy) is 1. The van der Waals surface area contributed by atoms with E-state index in [9.17, 15) is 8.78 Å². The Kier molecular flexibility index (Phi) is 7.03. The number of nitrogens with one attached hydrogen (secondary N) is 1. The second kappa shape index (κ2) is 8.64. The molecule has 1 aromatic carbocycles. The summed E-state index contributed by atoms with van der Waals surface area (Å²) in [4.78, 5) is 0. The molecule has 0 radical (unpaired) electrons. The van der Waals surface area contributed by atoms with Crippen LogP contribution in [0.3, 0.4) is 0 Å². The summed E-state index contributed by atoms with van der Waals surface area (Å²) in [6, 6.07) is 3.70. The van der Waals surface area contributed by atoms with E-state index in [1.807, 2.05) is 13.0 Å². The van der Waals surface area contributed by atoms with Gasteiger partial charge < -0.3 is 10.1 Å². The van der Waals surface area contributed by atoms with Gasteiger partial charge in [-0.2, -0.15) is 0 Å². The highest BCUT2D eigenvalue weighted by Crippen LogP contribution is 2.20. The number of hydrogen-bond acceptors (Lipinski definition) is 2. The Hall–Kier alpha value is -1.42. The fourth-order valence-corrected chi connectivity index (χ4v) is 1.47. The number of halogens is 2. The molecule has 0 heterocycles. The van der Waals surface area contributed by atoms with E-state index in [1.165, 1.54) is 18.2 Å². The zero-order valence-electron chi connectivity index (χ0n) is 10.6. The van der Waals surface area contributed by atoms with Crippen molar-refractivity contribution in [2.24, 2.45) is 0 Å². The normalized spacial score (nSPS) is 11.1. The molecule has 0 aliphatic carbocycles. The van der Waals surface area contributed by atoms with Crippen molar-refractivity contribution in [1.82, 2.24) is 5.32 Å². The van der Waals surface area contributed by atoms with Crippen LogP contribution in [0.2, 0.25) is 0 Å². The molecule has 4 heteroatoms. The van der Waals surface area contributed by atoms with Crippen LogP contribution in [0.4, 0.5) is 8.78 Å². The Morgan fingerprint density at radius 2 is 1.94 bits per heavy atom. The molecule has 0 amide bonds. The second-order valence-corrected chi connectivity index (χ2v) is 3.86. The van der Waals surface area contributed by atoms with E-state index in [4.69, 9.17) is 4.74 Å². The maximum absolute atomic E-state index is 13.2. The van der Waals surface area contributed by atoms with Crippen LogP contribution in [0.15, 0.2) is 30.4 Å². The van der Waals surface area contributed by atoms with Gasteiger partial charge in [-0.05, 0) is 45.0 Å². The summed E-state index contributed by atoms with van der Waals surface area (Å²) in [5, 5.41) is 3.22. The summed E-state index contributed by atoms with van der Waals surface area (Å²) < 4.78 is 31.4. The molecular weight excluding hydrogens is 236 g/mol. The Balaban J connectivity index is 2.14. The van der Waals surface area contributed by atoms with Gasteiger partial charge in [0.05, 0.1) is 6.61 Å². The Morgan fingerprint density at radius 1 is 1.22 bits per heavy atom. The zero-order chi connectivity index (χ0) is 13.2. The summed E-state index contributed by atoms with van der Waals surface area (Å²) in [7, 11) is 0. The monoisotopic (exact) mass is 255 g/mol. The highest BCUT2D eigenvalue weighted by Gasteiger charge is 2.08. The molecule has 0 bridgehead atoms.